The Balaban J connectivity index is 2.58. The number of benzene rings is 1. The number of unbranched alkanes of at least 4 members (excludes halogenated alkanes) is 1. The third kappa shape index (κ3) is 5.96. The Morgan fingerprint density at radius 1 is 1.25 bits per heavy atom. The van der Waals surface area contributed by atoms with E-state index in [4.69, 9.17) is 20.6 Å². The van der Waals surface area contributed by atoms with E-state index in [1.807, 2.05) is 18.2 Å². The van der Waals surface area contributed by atoms with Crippen LogP contribution in [0.1, 0.15) is 18.4 Å². The first-order chi connectivity index (χ1) is 9.81. The van der Waals surface area contributed by atoms with Crippen LogP contribution < -0.4 is 14.8 Å². The van der Waals surface area contributed by atoms with Crippen LogP contribution in [0.4, 0.5) is 0 Å². The zero-order chi connectivity index (χ0) is 14.6. The Hall–Kier alpha value is -1.70. The van der Waals surface area contributed by atoms with Crippen molar-refractivity contribution in [3.8, 4) is 23.8 Å². The van der Waals surface area contributed by atoms with Crippen molar-refractivity contribution in [2.45, 2.75) is 19.4 Å². The summed E-state index contributed by atoms with van der Waals surface area (Å²) in [6.45, 7) is 2.84. The molecule has 0 aliphatic rings. The maximum Gasteiger partial charge on any atom is 0.127 e. The minimum Gasteiger partial charge on any atom is -0.497 e. The summed E-state index contributed by atoms with van der Waals surface area (Å²) in [7, 11) is 3.34. The third-order valence-corrected chi connectivity index (χ3v) is 2.80. The SMILES string of the molecule is C#CCCCOc1cc(OC)ccc1CNCCOC. The number of terminal acetylenes is 1. The summed E-state index contributed by atoms with van der Waals surface area (Å²) in [4.78, 5) is 0. The van der Waals surface area contributed by atoms with E-state index in [-0.39, 0.29) is 0 Å². The van der Waals surface area contributed by atoms with E-state index in [0.29, 0.717) is 13.2 Å². The highest BCUT2D eigenvalue weighted by Crippen LogP contribution is 2.25. The van der Waals surface area contributed by atoms with Gasteiger partial charge in [-0.05, 0) is 12.5 Å². The Kier molecular flexibility index (Phi) is 8.28. The van der Waals surface area contributed by atoms with Gasteiger partial charge in [-0.15, -0.1) is 12.3 Å². The van der Waals surface area contributed by atoms with Gasteiger partial charge in [0.15, 0.2) is 0 Å². The monoisotopic (exact) mass is 277 g/mol. The van der Waals surface area contributed by atoms with Crippen LogP contribution in [0.15, 0.2) is 18.2 Å². The van der Waals surface area contributed by atoms with Crippen LogP contribution in [0.5, 0.6) is 11.5 Å². The number of hydrogen-bond acceptors (Lipinski definition) is 4. The van der Waals surface area contributed by atoms with E-state index in [9.17, 15) is 0 Å². The molecule has 1 aromatic carbocycles. The summed E-state index contributed by atoms with van der Waals surface area (Å²) >= 11 is 0. The van der Waals surface area contributed by atoms with Crippen molar-refractivity contribution in [1.29, 1.82) is 0 Å². The molecule has 0 heterocycles. The first-order valence-electron chi connectivity index (χ1n) is 6.74. The molecule has 0 atom stereocenters. The Morgan fingerprint density at radius 2 is 2.10 bits per heavy atom. The minimum atomic E-state index is 0.614. The molecule has 0 saturated carbocycles. The molecule has 0 aliphatic carbocycles. The lowest BCUT2D eigenvalue weighted by molar-refractivity contribution is 0.199. The van der Waals surface area contributed by atoms with Crippen molar-refractivity contribution in [3.63, 3.8) is 0 Å². The molecule has 1 rings (SSSR count). The second kappa shape index (κ2) is 10.1. The molecule has 4 nitrogen and oxygen atoms in total. The largest absolute Gasteiger partial charge is 0.497 e. The van der Waals surface area contributed by atoms with Crippen molar-refractivity contribution in [2.24, 2.45) is 0 Å². The normalized spacial score (nSPS) is 10.1. The second-order valence-corrected chi connectivity index (χ2v) is 4.30. The molecule has 1 N–H and O–H groups in total. The van der Waals surface area contributed by atoms with Crippen molar-refractivity contribution in [1.82, 2.24) is 5.32 Å². The van der Waals surface area contributed by atoms with Crippen molar-refractivity contribution >= 4 is 0 Å². The van der Waals surface area contributed by atoms with Crippen LogP contribution >= 0.6 is 0 Å². The fraction of sp³-hybridized carbons (Fsp3) is 0.500. The Labute approximate surface area is 121 Å². The highest BCUT2D eigenvalue weighted by atomic mass is 16.5. The maximum absolute atomic E-state index is 5.79. The lowest BCUT2D eigenvalue weighted by Crippen LogP contribution is -2.19. The number of ether oxygens (including phenoxy) is 3. The Morgan fingerprint density at radius 3 is 2.80 bits per heavy atom. The Bertz CT molecular complexity index is 426. The molecular weight excluding hydrogens is 254 g/mol. The predicted octanol–water partition coefficient (Wildman–Crippen LogP) is 2.22. The fourth-order valence-electron chi connectivity index (χ4n) is 1.70. The summed E-state index contributed by atoms with van der Waals surface area (Å²) in [6, 6.07) is 5.85. The molecule has 0 saturated heterocycles. The summed E-state index contributed by atoms with van der Waals surface area (Å²) in [6.07, 6.45) is 6.81. The van der Waals surface area contributed by atoms with Crippen LogP contribution in [0.2, 0.25) is 0 Å². The molecule has 4 heteroatoms. The van der Waals surface area contributed by atoms with Gasteiger partial charge in [-0.3, -0.25) is 0 Å². The highest BCUT2D eigenvalue weighted by Gasteiger charge is 2.05. The maximum atomic E-state index is 5.79. The molecular formula is C16H23NO3. The van der Waals surface area contributed by atoms with E-state index in [1.165, 1.54) is 0 Å². The van der Waals surface area contributed by atoms with E-state index < -0.39 is 0 Å². The number of nitrogens with one attached hydrogen (secondary N) is 1. The summed E-state index contributed by atoms with van der Waals surface area (Å²) in [5, 5.41) is 3.30. The average Bonchev–Trinajstić information content (AvgIpc) is 2.49. The summed E-state index contributed by atoms with van der Waals surface area (Å²) in [5.74, 6) is 4.24. The molecule has 0 bridgehead atoms. The molecule has 1 aromatic rings. The first-order valence-corrected chi connectivity index (χ1v) is 6.74. The molecule has 0 aromatic heterocycles. The van der Waals surface area contributed by atoms with Gasteiger partial charge in [0, 0.05) is 38.2 Å². The molecule has 0 amide bonds. The average molecular weight is 277 g/mol. The smallest absolute Gasteiger partial charge is 0.127 e. The number of hydrogen-bond donors (Lipinski definition) is 1. The quantitative estimate of drug-likeness (QED) is 0.526. The van der Waals surface area contributed by atoms with Gasteiger partial charge >= 0.3 is 0 Å². The molecule has 0 radical (unpaired) electrons. The number of rotatable bonds is 10. The first kappa shape index (κ1) is 16.4. The van der Waals surface area contributed by atoms with Crippen LogP contribution in [0, 0.1) is 12.3 Å². The van der Waals surface area contributed by atoms with Crippen molar-refractivity contribution in [2.75, 3.05) is 34.0 Å². The van der Waals surface area contributed by atoms with Gasteiger partial charge in [-0.2, -0.15) is 0 Å². The van der Waals surface area contributed by atoms with E-state index in [2.05, 4.69) is 11.2 Å². The molecule has 0 aliphatic heterocycles. The molecule has 0 fully saturated rings. The third-order valence-electron chi connectivity index (χ3n) is 2.80. The van der Waals surface area contributed by atoms with Crippen molar-refractivity contribution in [3.05, 3.63) is 23.8 Å². The van der Waals surface area contributed by atoms with Crippen LogP contribution in [0.3, 0.4) is 0 Å². The second-order valence-electron chi connectivity index (χ2n) is 4.30. The van der Waals surface area contributed by atoms with Gasteiger partial charge in [0.25, 0.3) is 0 Å². The standard InChI is InChI=1S/C16H23NO3/c1-4-5-6-10-20-16-12-15(19-3)8-7-14(16)13-17-9-11-18-2/h1,7-8,12,17H,5-6,9-11,13H2,2-3H3. The van der Waals surface area contributed by atoms with Gasteiger partial charge in [-0.1, -0.05) is 6.07 Å². The van der Waals surface area contributed by atoms with Gasteiger partial charge in [-0.25, -0.2) is 0 Å². The fourth-order valence-corrected chi connectivity index (χ4v) is 1.70. The minimum absolute atomic E-state index is 0.614. The van der Waals surface area contributed by atoms with Gasteiger partial charge < -0.3 is 19.5 Å². The van der Waals surface area contributed by atoms with E-state index >= 15 is 0 Å². The van der Waals surface area contributed by atoms with Gasteiger partial charge in [0.05, 0.1) is 20.3 Å². The lowest BCUT2D eigenvalue weighted by atomic mass is 10.2. The van der Waals surface area contributed by atoms with Crippen molar-refractivity contribution < 1.29 is 14.2 Å². The van der Waals surface area contributed by atoms with Gasteiger partial charge in [0.2, 0.25) is 0 Å². The predicted molar refractivity (Wildman–Crippen MR) is 80.1 cm³/mol. The zero-order valence-electron chi connectivity index (χ0n) is 12.3. The molecule has 110 valence electrons. The lowest BCUT2D eigenvalue weighted by Gasteiger charge is -2.13. The molecule has 0 unspecified atom stereocenters. The van der Waals surface area contributed by atoms with Crippen LogP contribution in [-0.4, -0.2) is 34.0 Å². The van der Waals surface area contributed by atoms with Gasteiger partial charge in [0.1, 0.15) is 11.5 Å². The number of methoxy groups -OCH3 is 2. The molecule has 0 spiro atoms. The van der Waals surface area contributed by atoms with E-state index in [0.717, 1.165) is 43.0 Å². The topological polar surface area (TPSA) is 39.7 Å². The summed E-state index contributed by atoms with van der Waals surface area (Å²) in [5.41, 5.74) is 1.10. The van der Waals surface area contributed by atoms with Crippen LogP contribution in [0.25, 0.3) is 0 Å². The summed E-state index contributed by atoms with van der Waals surface area (Å²) < 4.78 is 16.0. The zero-order valence-corrected chi connectivity index (χ0v) is 12.3. The van der Waals surface area contributed by atoms with E-state index in [1.54, 1.807) is 14.2 Å². The molecule has 20 heavy (non-hydrogen) atoms. The highest BCUT2D eigenvalue weighted by molar-refractivity contribution is 5.40. The van der Waals surface area contributed by atoms with Crippen LogP contribution in [-0.2, 0) is 11.3 Å².